The van der Waals surface area contributed by atoms with Gasteiger partial charge in [-0.15, -0.1) is 5.10 Å². The van der Waals surface area contributed by atoms with Crippen LogP contribution >= 0.6 is 11.5 Å². The van der Waals surface area contributed by atoms with E-state index in [1.54, 1.807) is 0 Å². The molecule has 4 nitrogen and oxygen atoms in total. The van der Waals surface area contributed by atoms with Crippen molar-refractivity contribution in [3.63, 3.8) is 0 Å². The molecule has 0 saturated carbocycles. The van der Waals surface area contributed by atoms with Crippen molar-refractivity contribution in [2.24, 2.45) is 0 Å². The van der Waals surface area contributed by atoms with Gasteiger partial charge >= 0.3 is 0 Å². The zero-order chi connectivity index (χ0) is 9.97. The Morgan fingerprint density at radius 2 is 2.43 bits per heavy atom. The number of rotatable bonds is 3. The fourth-order valence-electron chi connectivity index (χ4n) is 1.24. The van der Waals surface area contributed by atoms with E-state index in [0.717, 1.165) is 22.7 Å². The third-order valence-electron chi connectivity index (χ3n) is 2.07. The monoisotopic (exact) mass is 209 g/mol. The van der Waals surface area contributed by atoms with Gasteiger partial charge < -0.3 is 9.67 Å². The molecule has 5 heteroatoms. The zero-order valence-electron chi connectivity index (χ0n) is 7.84. The molecule has 0 aliphatic heterocycles. The molecule has 0 radical (unpaired) electrons. The third kappa shape index (κ3) is 1.83. The molecule has 0 aromatic carbocycles. The number of hydrogen-bond donors (Lipinski definition) is 1. The van der Waals surface area contributed by atoms with Crippen molar-refractivity contribution in [2.75, 3.05) is 0 Å². The Bertz CT molecular complexity index is 421. The van der Waals surface area contributed by atoms with E-state index in [-0.39, 0.29) is 6.61 Å². The first-order valence-corrected chi connectivity index (χ1v) is 5.10. The predicted molar refractivity (Wildman–Crippen MR) is 54.1 cm³/mol. The quantitative estimate of drug-likeness (QED) is 0.826. The molecule has 0 bridgehead atoms. The van der Waals surface area contributed by atoms with Gasteiger partial charge in [-0.25, -0.2) is 0 Å². The molecule has 0 fully saturated rings. The van der Waals surface area contributed by atoms with Crippen LogP contribution in [-0.4, -0.2) is 19.3 Å². The lowest BCUT2D eigenvalue weighted by molar-refractivity contribution is 0.282. The summed E-state index contributed by atoms with van der Waals surface area (Å²) < 4.78 is 5.90. The van der Waals surface area contributed by atoms with E-state index < -0.39 is 0 Å². The van der Waals surface area contributed by atoms with Gasteiger partial charge in [0.05, 0.1) is 23.7 Å². The number of aromatic nitrogens is 3. The highest BCUT2D eigenvalue weighted by Crippen LogP contribution is 2.12. The molecule has 2 aromatic heterocycles. The van der Waals surface area contributed by atoms with E-state index in [1.807, 2.05) is 30.0 Å². The molecule has 0 spiro atoms. The predicted octanol–water partition coefficient (Wildman–Crippen LogP) is 1.19. The number of nitrogens with zero attached hydrogens (tertiary/aromatic N) is 3. The van der Waals surface area contributed by atoms with Crippen molar-refractivity contribution < 1.29 is 5.11 Å². The second-order valence-corrected chi connectivity index (χ2v) is 3.97. The number of hydrogen-bond acceptors (Lipinski definition) is 4. The fourth-order valence-corrected chi connectivity index (χ4v) is 1.89. The molecule has 2 aromatic rings. The van der Waals surface area contributed by atoms with Gasteiger partial charge in [0.15, 0.2) is 0 Å². The van der Waals surface area contributed by atoms with E-state index in [1.165, 1.54) is 11.5 Å². The van der Waals surface area contributed by atoms with Crippen LogP contribution in [0.3, 0.4) is 0 Å². The SMILES string of the molecule is Cc1nnsc1Cn1ccc(CO)c1. The van der Waals surface area contributed by atoms with Crippen LogP contribution in [0.4, 0.5) is 0 Å². The summed E-state index contributed by atoms with van der Waals surface area (Å²) in [5, 5.41) is 12.8. The molecule has 0 aliphatic carbocycles. The molecule has 14 heavy (non-hydrogen) atoms. The minimum atomic E-state index is 0.0902. The van der Waals surface area contributed by atoms with Gasteiger partial charge in [-0.2, -0.15) is 0 Å². The van der Waals surface area contributed by atoms with E-state index in [2.05, 4.69) is 9.59 Å². The maximum Gasteiger partial charge on any atom is 0.0775 e. The van der Waals surface area contributed by atoms with E-state index >= 15 is 0 Å². The van der Waals surface area contributed by atoms with Gasteiger partial charge in [0, 0.05) is 12.4 Å². The first-order chi connectivity index (χ1) is 6.79. The minimum Gasteiger partial charge on any atom is -0.392 e. The van der Waals surface area contributed by atoms with Crippen molar-refractivity contribution in [2.45, 2.75) is 20.1 Å². The van der Waals surface area contributed by atoms with Gasteiger partial charge in [0.1, 0.15) is 0 Å². The second kappa shape index (κ2) is 3.89. The van der Waals surface area contributed by atoms with Crippen LogP contribution in [0.5, 0.6) is 0 Å². The van der Waals surface area contributed by atoms with Crippen molar-refractivity contribution in [1.82, 2.24) is 14.2 Å². The zero-order valence-corrected chi connectivity index (χ0v) is 8.66. The Labute approximate surface area is 86.0 Å². The maximum atomic E-state index is 8.90. The normalized spacial score (nSPS) is 10.7. The Morgan fingerprint density at radius 3 is 3.00 bits per heavy atom. The van der Waals surface area contributed by atoms with Crippen LogP contribution in [0.2, 0.25) is 0 Å². The van der Waals surface area contributed by atoms with Crippen LogP contribution in [0.25, 0.3) is 0 Å². The highest BCUT2D eigenvalue weighted by Gasteiger charge is 2.03. The topological polar surface area (TPSA) is 50.9 Å². The molecule has 2 rings (SSSR count). The molecular formula is C9H11N3OS. The lowest BCUT2D eigenvalue weighted by Crippen LogP contribution is -1.95. The molecule has 0 aliphatic rings. The van der Waals surface area contributed by atoms with Crippen molar-refractivity contribution >= 4 is 11.5 Å². The average molecular weight is 209 g/mol. The van der Waals surface area contributed by atoms with E-state index in [9.17, 15) is 0 Å². The summed E-state index contributed by atoms with van der Waals surface area (Å²) in [7, 11) is 0. The maximum absolute atomic E-state index is 8.90. The van der Waals surface area contributed by atoms with Gasteiger partial charge in [0.2, 0.25) is 0 Å². The first kappa shape index (κ1) is 9.36. The Kier molecular flexibility index (Phi) is 2.60. The van der Waals surface area contributed by atoms with Gasteiger partial charge in [-0.05, 0) is 30.1 Å². The highest BCUT2D eigenvalue weighted by molar-refractivity contribution is 7.05. The van der Waals surface area contributed by atoms with E-state index in [4.69, 9.17) is 5.11 Å². The Hall–Kier alpha value is -1.20. The highest BCUT2D eigenvalue weighted by atomic mass is 32.1. The number of aliphatic hydroxyl groups excluding tert-OH is 1. The summed E-state index contributed by atoms with van der Waals surface area (Å²) in [6.45, 7) is 2.83. The molecule has 1 N–H and O–H groups in total. The number of aliphatic hydroxyl groups is 1. The van der Waals surface area contributed by atoms with Crippen molar-refractivity contribution in [3.8, 4) is 0 Å². The van der Waals surface area contributed by atoms with Crippen LogP contribution in [0.1, 0.15) is 16.1 Å². The summed E-state index contributed by atoms with van der Waals surface area (Å²) in [6, 6.07) is 1.91. The van der Waals surface area contributed by atoms with Gasteiger partial charge in [-0.3, -0.25) is 0 Å². The summed E-state index contributed by atoms with van der Waals surface area (Å²) in [6.07, 6.45) is 3.88. The van der Waals surface area contributed by atoms with Crippen LogP contribution in [0.15, 0.2) is 18.5 Å². The average Bonchev–Trinajstić information content (AvgIpc) is 2.77. The van der Waals surface area contributed by atoms with E-state index in [0.29, 0.717) is 0 Å². The molecule has 74 valence electrons. The molecule has 0 atom stereocenters. The van der Waals surface area contributed by atoms with Gasteiger partial charge in [0.25, 0.3) is 0 Å². The molecule has 2 heterocycles. The first-order valence-electron chi connectivity index (χ1n) is 4.33. The third-order valence-corrected chi connectivity index (χ3v) is 2.87. The molecule has 0 amide bonds. The van der Waals surface area contributed by atoms with Crippen molar-refractivity contribution in [3.05, 3.63) is 34.6 Å². The fraction of sp³-hybridized carbons (Fsp3) is 0.333. The summed E-state index contributed by atoms with van der Waals surface area (Å²) >= 11 is 1.42. The number of aryl methyl sites for hydroxylation is 1. The summed E-state index contributed by atoms with van der Waals surface area (Å²) in [4.78, 5) is 1.16. The lowest BCUT2D eigenvalue weighted by atomic mass is 10.4. The van der Waals surface area contributed by atoms with Crippen LogP contribution in [0, 0.1) is 6.92 Å². The molecule has 0 unspecified atom stereocenters. The lowest BCUT2D eigenvalue weighted by Gasteiger charge is -1.99. The minimum absolute atomic E-state index is 0.0902. The summed E-state index contributed by atoms with van der Waals surface area (Å²) in [5.74, 6) is 0. The molecular weight excluding hydrogens is 198 g/mol. The van der Waals surface area contributed by atoms with Crippen LogP contribution < -0.4 is 0 Å². The second-order valence-electron chi connectivity index (χ2n) is 3.13. The smallest absolute Gasteiger partial charge is 0.0775 e. The standard InChI is InChI=1S/C9H11N3OS/c1-7-9(14-11-10-7)5-12-3-2-8(4-12)6-13/h2-4,13H,5-6H2,1H3. The Balaban J connectivity index is 2.15. The van der Waals surface area contributed by atoms with Crippen LogP contribution in [-0.2, 0) is 13.2 Å². The summed E-state index contributed by atoms with van der Waals surface area (Å²) in [5.41, 5.74) is 1.91. The van der Waals surface area contributed by atoms with Gasteiger partial charge in [-0.1, -0.05) is 4.49 Å². The largest absolute Gasteiger partial charge is 0.392 e. The van der Waals surface area contributed by atoms with Crippen molar-refractivity contribution in [1.29, 1.82) is 0 Å². The molecule has 0 saturated heterocycles. The Morgan fingerprint density at radius 1 is 1.57 bits per heavy atom.